The zero-order valence-corrected chi connectivity index (χ0v) is 21.9. The minimum atomic E-state index is -5.08. The molecule has 0 aliphatic rings. The molecule has 0 saturated heterocycles. The Morgan fingerprint density at radius 2 is 1.79 bits per heavy atom. The minimum absolute atomic E-state index is 0.174. The number of hydrogen-bond donors (Lipinski definition) is 2. The Balaban J connectivity index is 0.000000505. The van der Waals surface area contributed by atoms with Crippen molar-refractivity contribution in [2.24, 2.45) is 0 Å². The number of nitrogens with zero attached hydrogens (tertiary/aromatic N) is 5. The van der Waals surface area contributed by atoms with Crippen LogP contribution in [-0.2, 0) is 11.3 Å². The van der Waals surface area contributed by atoms with E-state index in [4.69, 9.17) is 27.2 Å². The molecule has 4 aromatic rings. The number of rotatable bonds is 5. The number of fused-ring (bicyclic) bond motifs is 1. The predicted octanol–water partition coefficient (Wildman–Crippen LogP) is 5.45. The van der Waals surface area contributed by atoms with Gasteiger partial charge < -0.3 is 15.7 Å². The van der Waals surface area contributed by atoms with E-state index in [-0.39, 0.29) is 18.5 Å². The van der Waals surface area contributed by atoms with Crippen LogP contribution >= 0.6 is 27.5 Å². The molecule has 1 aromatic carbocycles. The molecule has 38 heavy (non-hydrogen) atoms. The largest absolute Gasteiger partial charge is 0.490 e. The molecule has 1 unspecified atom stereocenters. The molecule has 4 rings (SSSR count). The standard InChI is InChI=1S/C22H18BrClN6O.C2HF3O2/c1-13(21-26-7-2-8-27-21)30(12-17-5-4-16(24)11-28-17)22(31)14-3-6-19-15(9-14)10-18(23)20(25)29-19;3-2(4,5)1(6)7/h2-11,13H,12H2,1H3,(H2,25,29);(H,6,7). The van der Waals surface area contributed by atoms with Gasteiger partial charge in [0.1, 0.15) is 11.6 Å². The molecule has 3 heterocycles. The van der Waals surface area contributed by atoms with Crippen molar-refractivity contribution in [2.45, 2.75) is 25.7 Å². The normalized spacial score (nSPS) is 11.8. The predicted molar refractivity (Wildman–Crippen MR) is 137 cm³/mol. The van der Waals surface area contributed by atoms with E-state index < -0.39 is 12.1 Å². The minimum Gasteiger partial charge on any atom is -0.475 e. The smallest absolute Gasteiger partial charge is 0.475 e. The van der Waals surface area contributed by atoms with Gasteiger partial charge in [-0.25, -0.2) is 19.7 Å². The Morgan fingerprint density at radius 3 is 2.37 bits per heavy atom. The van der Waals surface area contributed by atoms with Crippen molar-refractivity contribution in [2.75, 3.05) is 5.73 Å². The molecule has 0 fully saturated rings. The first-order valence-corrected chi connectivity index (χ1v) is 11.9. The first-order chi connectivity index (χ1) is 17.9. The van der Waals surface area contributed by atoms with Gasteiger partial charge in [0.15, 0.2) is 0 Å². The van der Waals surface area contributed by atoms with Crippen molar-refractivity contribution in [1.29, 1.82) is 0 Å². The number of anilines is 1. The van der Waals surface area contributed by atoms with E-state index in [1.165, 1.54) is 0 Å². The number of nitrogens with two attached hydrogens (primary N) is 1. The Kier molecular flexibility index (Phi) is 9.17. The summed E-state index contributed by atoms with van der Waals surface area (Å²) in [6.45, 7) is 2.17. The third kappa shape index (κ3) is 7.35. The molecule has 0 bridgehead atoms. The van der Waals surface area contributed by atoms with Gasteiger partial charge in [-0.05, 0) is 65.3 Å². The second kappa shape index (κ2) is 12.1. The monoisotopic (exact) mass is 610 g/mol. The lowest BCUT2D eigenvalue weighted by atomic mass is 10.1. The molecule has 0 spiro atoms. The molecular formula is C24H19BrClF3N6O3. The van der Waals surface area contributed by atoms with Crippen LogP contribution in [0.2, 0.25) is 5.02 Å². The number of carboxylic acids is 1. The van der Waals surface area contributed by atoms with Crippen molar-refractivity contribution in [3.8, 4) is 0 Å². The number of halogens is 5. The van der Waals surface area contributed by atoms with Crippen LogP contribution in [0.4, 0.5) is 19.0 Å². The summed E-state index contributed by atoms with van der Waals surface area (Å²) >= 11 is 9.36. The summed E-state index contributed by atoms with van der Waals surface area (Å²) in [5.74, 6) is -1.99. The number of alkyl halides is 3. The fraction of sp³-hybridized carbons (Fsp3) is 0.167. The third-order valence-electron chi connectivity index (χ3n) is 5.09. The molecule has 0 radical (unpaired) electrons. The van der Waals surface area contributed by atoms with Crippen molar-refractivity contribution >= 4 is 56.1 Å². The number of hydrogen-bond acceptors (Lipinski definition) is 7. The molecule has 3 N–H and O–H groups in total. The van der Waals surface area contributed by atoms with Gasteiger partial charge in [0.2, 0.25) is 0 Å². The maximum atomic E-state index is 13.6. The summed E-state index contributed by atoms with van der Waals surface area (Å²) in [7, 11) is 0. The molecule has 3 aromatic heterocycles. The van der Waals surface area contributed by atoms with Crippen LogP contribution in [0.5, 0.6) is 0 Å². The van der Waals surface area contributed by atoms with Gasteiger partial charge in [0, 0.05) is 29.5 Å². The summed E-state index contributed by atoms with van der Waals surface area (Å²) in [6, 6.07) is 12.1. The third-order valence-corrected chi connectivity index (χ3v) is 5.95. The van der Waals surface area contributed by atoms with Crippen molar-refractivity contribution < 1.29 is 27.9 Å². The second-order valence-electron chi connectivity index (χ2n) is 7.75. The number of benzene rings is 1. The fourth-order valence-corrected chi connectivity index (χ4v) is 3.64. The zero-order chi connectivity index (χ0) is 28.0. The molecule has 1 amide bonds. The van der Waals surface area contributed by atoms with E-state index >= 15 is 0 Å². The van der Waals surface area contributed by atoms with E-state index in [0.29, 0.717) is 37.9 Å². The summed E-state index contributed by atoms with van der Waals surface area (Å²) in [5, 5.41) is 8.47. The first kappa shape index (κ1) is 28.7. The van der Waals surface area contributed by atoms with Gasteiger partial charge in [-0.3, -0.25) is 9.78 Å². The summed E-state index contributed by atoms with van der Waals surface area (Å²) in [6.07, 6.45) is -0.204. The SMILES string of the molecule is CC(c1ncccn1)N(Cc1ccc(Cl)cn1)C(=O)c1ccc2nc(N)c(Br)cc2c1.O=C(O)C(F)(F)F. The van der Waals surface area contributed by atoms with Gasteiger partial charge >= 0.3 is 12.1 Å². The number of amides is 1. The highest BCUT2D eigenvalue weighted by Gasteiger charge is 2.38. The molecular weight excluding hydrogens is 593 g/mol. The Bertz CT molecular complexity index is 1440. The zero-order valence-electron chi connectivity index (χ0n) is 19.5. The number of carbonyl (C=O) groups excluding carboxylic acids is 1. The van der Waals surface area contributed by atoms with Crippen LogP contribution in [0.15, 0.2) is 65.5 Å². The highest BCUT2D eigenvalue weighted by Crippen LogP contribution is 2.27. The van der Waals surface area contributed by atoms with Gasteiger partial charge in [-0.1, -0.05) is 11.6 Å². The molecule has 198 valence electrons. The number of nitrogen functional groups attached to an aromatic ring is 1. The number of carbonyl (C=O) groups is 2. The van der Waals surface area contributed by atoms with Gasteiger partial charge in [0.05, 0.1) is 33.3 Å². The van der Waals surface area contributed by atoms with E-state index in [1.54, 1.807) is 59.9 Å². The highest BCUT2D eigenvalue weighted by molar-refractivity contribution is 9.10. The molecule has 14 heteroatoms. The van der Waals surface area contributed by atoms with E-state index in [9.17, 15) is 18.0 Å². The summed E-state index contributed by atoms with van der Waals surface area (Å²) in [5.41, 5.74) is 7.80. The van der Waals surface area contributed by atoms with Crippen molar-refractivity contribution in [3.05, 3.63) is 87.6 Å². The van der Waals surface area contributed by atoms with Crippen LogP contribution in [-0.4, -0.2) is 48.0 Å². The molecule has 9 nitrogen and oxygen atoms in total. The molecule has 0 saturated carbocycles. The number of carboxylic acid groups (broad SMARTS) is 1. The average Bonchev–Trinajstić information content (AvgIpc) is 2.88. The second-order valence-corrected chi connectivity index (χ2v) is 9.04. The Hall–Kier alpha value is -3.84. The lowest BCUT2D eigenvalue weighted by Gasteiger charge is -2.28. The van der Waals surface area contributed by atoms with Crippen LogP contribution in [0, 0.1) is 0 Å². The highest BCUT2D eigenvalue weighted by atomic mass is 79.9. The van der Waals surface area contributed by atoms with E-state index in [1.807, 2.05) is 13.0 Å². The summed E-state index contributed by atoms with van der Waals surface area (Å²) in [4.78, 5) is 41.5. The Labute approximate surface area is 227 Å². The fourth-order valence-electron chi connectivity index (χ4n) is 3.19. The number of pyridine rings is 2. The Morgan fingerprint density at radius 1 is 1.13 bits per heavy atom. The van der Waals surface area contributed by atoms with Gasteiger partial charge in [0.25, 0.3) is 5.91 Å². The van der Waals surface area contributed by atoms with E-state index in [2.05, 4.69) is 35.9 Å². The molecule has 0 aliphatic carbocycles. The van der Waals surface area contributed by atoms with E-state index in [0.717, 1.165) is 5.39 Å². The lowest BCUT2D eigenvalue weighted by molar-refractivity contribution is -0.192. The first-order valence-electron chi connectivity index (χ1n) is 10.7. The molecule has 1 atom stereocenters. The van der Waals surface area contributed by atoms with Crippen LogP contribution in [0.25, 0.3) is 10.9 Å². The lowest BCUT2D eigenvalue weighted by Crippen LogP contribution is -2.34. The topological polar surface area (TPSA) is 135 Å². The average molecular weight is 612 g/mol. The maximum Gasteiger partial charge on any atom is 0.490 e. The van der Waals surface area contributed by atoms with Crippen molar-refractivity contribution in [3.63, 3.8) is 0 Å². The number of aromatic nitrogens is 4. The van der Waals surface area contributed by atoms with Crippen LogP contribution < -0.4 is 5.73 Å². The van der Waals surface area contributed by atoms with Crippen molar-refractivity contribution in [1.82, 2.24) is 24.8 Å². The van der Waals surface area contributed by atoms with Crippen LogP contribution in [0.1, 0.15) is 34.8 Å². The van der Waals surface area contributed by atoms with Crippen LogP contribution in [0.3, 0.4) is 0 Å². The van der Waals surface area contributed by atoms with Gasteiger partial charge in [-0.15, -0.1) is 0 Å². The molecule has 0 aliphatic heterocycles. The quantitative estimate of drug-likeness (QED) is 0.304. The van der Waals surface area contributed by atoms with Gasteiger partial charge in [-0.2, -0.15) is 13.2 Å². The summed E-state index contributed by atoms with van der Waals surface area (Å²) < 4.78 is 32.4. The maximum absolute atomic E-state index is 13.6. The number of aliphatic carboxylic acids is 1.